The topological polar surface area (TPSA) is 38.1 Å². The molecule has 0 radical (unpaired) electrons. The first kappa shape index (κ1) is 14.8. The first-order valence-electron chi connectivity index (χ1n) is 6.72. The molecule has 2 aromatic heterocycles. The molecule has 5 heteroatoms. The molecule has 0 amide bonds. The smallest absolute Gasteiger partial charge is 0.141 e. The van der Waals surface area contributed by atoms with Crippen LogP contribution in [0.25, 0.3) is 10.9 Å². The van der Waals surface area contributed by atoms with E-state index in [4.69, 9.17) is 9.40 Å². The maximum Gasteiger partial charge on any atom is 0.141 e. The van der Waals surface area contributed by atoms with Crippen molar-refractivity contribution in [2.24, 2.45) is 0 Å². The maximum absolute atomic E-state index is 5.63. The van der Waals surface area contributed by atoms with E-state index in [9.17, 15) is 0 Å². The van der Waals surface area contributed by atoms with E-state index in [2.05, 4.69) is 56.2 Å². The zero-order valence-corrected chi connectivity index (χ0v) is 14.6. The van der Waals surface area contributed by atoms with Crippen LogP contribution in [0.3, 0.4) is 0 Å². The fourth-order valence-corrected chi connectivity index (χ4v) is 3.33. The maximum atomic E-state index is 5.63. The summed E-state index contributed by atoms with van der Waals surface area (Å²) in [7, 11) is 0. The van der Waals surface area contributed by atoms with Gasteiger partial charge in [-0.3, -0.25) is 0 Å². The van der Waals surface area contributed by atoms with E-state index in [1.165, 1.54) is 0 Å². The van der Waals surface area contributed by atoms with Crippen LogP contribution in [0.5, 0.6) is 0 Å². The number of hydrogen-bond donors (Lipinski definition) is 1. The van der Waals surface area contributed by atoms with Crippen LogP contribution in [0.4, 0.5) is 0 Å². The van der Waals surface area contributed by atoms with Crippen molar-refractivity contribution in [2.45, 2.75) is 13.0 Å². The van der Waals surface area contributed by atoms with Crippen molar-refractivity contribution >= 4 is 42.8 Å². The molecule has 2 heterocycles. The highest BCUT2D eigenvalue weighted by Gasteiger charge is 2.23. The number of rotatable bonds is 4. The van der Waals surface area contributed by atoms with Gasteiger partial charge < -0.3 is 9.73 Å². The Morgan fingerprint density at radius 1 is 1.19 bits per heavy atom. The summed E-state index contributed by atoms with van der Waals surface area (Å²) >= 11 is 7.17. The van der Waals surface area contributed by atoms with E-state index in [0.717, 1.165) is 37.8 Å². The number of benzene rings is 1. The molecule has 21 heavy (non-hydrogen) atoms. The van der Waals surface area contributed by atoms with Crippen molar-refractivity contribution in [3.05, 3.63) is 63.1 Å². The molecule has 0 saturated carbocycles. The lowest BCUT2D eigenvalue weighted by Crippen LogP contribution is -2.23. The summed E-state index contributed by atoms with van der Waals surface area (Å²) < 4.78 is 7.54. The van der Waals surface area contributed by atoms with Crippen LogP contribution < -0.4 is 5.32 Å². The van der Waals surface area contributed by atoms with Crippen molar-refractivity contribution < 1.29 is 4.42 Å². The molecule has 0 spiro atoms. The number of para-hydroxylation sites is 1. The summed E-state index contributed by atoms with van der Waals surface area (Å²) in [5.41, 5.74) is 1.90. The van der Waals surface area contributed by atoms with Gasteiger partial charge in [0.1, 0.15) is 11.8 Å². The highest BCUT2D eigenvalue weighted by molar-refractivity contribution is 9.10. The molecule has 0 aliphatic heterocycles. The van der Waals surface area contributed by atoms with E-state index in [1.54, 1.807) is 6.26 Å². The first-order valence-corrected chi connectivity index (χ1v) is 8.30. The molecular formula is C16H14Br2N2O. The minimum atomic E-state index is -0.0987. The monoisotopic (exact) mass is 408 g/mol. The van der Waals surface area contributed by atoms with Crippen molar-refractivity contribution in [1.29, 1.82) is 0 Å². The zero-order chi connectivity index (χ0) is 14.8. The normalized spacial score (nSPS) is 12.7. The number of nitrogens with zero attached hydrogens (tertiary/aromatic N) is 1. The zero-order valence-electron chi connectivity index (χ0n) is 11.4. The lowest BCUT2D eigenvalue weighted by Gasteiger charge is -2.18. The van der Waals surface area contributed by atoms with Crippen LogP contribution in [-0.4, -0.2) is 11.5 Å². The Bertz CT molecular complexity index is 770. The van der Waals surface area contributed by atoms with Crippen molar-refractivity contribution in [1.82, 2.24) is 10.3 Å². The summed E-state index contributed by atoms with van der Waals surface area (Å²) in [6.07, 6.45) is 1.68. The van der Waals surface area contributed by atoms with Crippen molar-refractivity contribution in [3.63, 3.8) is 0 Å². The molecular weight excluding hydrogens is 396 g/mol. The van der Waals surface area contributed by atoms with E-state index in [1.807, 2.05) is 24.3 Å². The van der Waals surface area contributed by atoms with Crippen LogP contribution in [0.15, 0.2) is 56.0 Å². The molecule has 0 aliphatic carbocycles. The molecule has 0 fully saturated rings. The quantitative estimate of drug-likeness (QED) is 0.654. The van der Waals surface area contributed by atoms with Gasteiger partial charge in [-0.15, -0.1) is 0 Å². The average molecular weight is 410 g/mol. The van der Waals surface area contributed by atoms with Crippen LogP contribution in [0, 0.1) is 0 Å². The molecule has 1 N–H and O–H groups in total. The fraction of sp³-hybridized carbons (Fsp3) is 0.188. The van der Waals surface area contributed by atoms with Crippen molar-refractivity contribution in [2.75, 3.05) is 6.54 Å². The van der Waals surface area contributed by atoms with Gasteiger partial charge in [-0.05, 0) is 56.6 Å². The van der Waals surface area contributed by atoms with Gasteiger partial charge >= 0.3 is 0 Å². The summed E-state index contributed by atoms with van der Waals surface area (Å²) in [4.78, 5) is 4.80. The third-order valence-electron chi connectivity index (χ3n) is 3.29. The Labute approximate surface area is 140 Å². The Morgan fingerprint density at radius 3 is 2.71 bits per heavy atom. The molecule has 0 aliphatic rings. The summed E-state index contributed by atoms with van der Waals surface area (Å²) in [6, 6.07) is 12.0. The lowest BCUT2D eigenvalue weighted by molar-refractivity contribution is 0.445. The third-order valence-corrected chi connectivity index (χ3v) is 4.58. The molecule has 108 valence electrons. The molecule has 0 saturated heterocycles. The fourth-order valence-electron chi connectivity index (χ4n) is 2.34. The van der Waals surface area contributed by atoms with Gasteiger partial charge in [0, 0.05) is 9.86 Å². The van der Waals surface area contributed by atoms with Gasteiger partial charge in [-0.1, -0.05) is 25.1 Å². The summed E-state index contributed by atoms with van der Waals surface area (Å²) in [5, 5.41) is 4.54. The molecule has 1 atom stereocenters. The standard InChI is InChI=1S/C16H14Br2N2O/c1-2-19-15(16-11(17)7-8-21-16)14-12(18)9-10-5-3-4-6-13(10)20-14/h3-9,15,19H,2H2,1H3. The Kier molecular flexibility index (Phi) is 4.42. The molecule has 1 unspecified atom stereocenters. The number of fused-ring (bicyclic) bond motifs is 1. The van der Waals surface area contributed by atoms with Gasteiger partial charge in [0.25, 0.3) is 0 Å². The molecule has 3 nitrogen and oxygen atoms in total. The van der Waals surface area contributed by atoms with Crippen LogP contribution in [0.2, 0.25) is 0 Å². The van der Waals surface area contributed by atoms with Gasteiger partial charge in [0.2, 0.25) is 0 Å². The van der Waals surface area contributed by atoms with E-state index in [-0.39, 0.29) is 6.04 Å². The number of hydrogen-bond acceptors (Lipinski definition) is 3. The predicted molar refractivity (Wildman–Crippen MR) is 91.4 cm³/mol. The van der Waals surface area contributed by atoms with Gasteiger partial charge in [0.05, 0.1) is 21.9 Å². The summed E-state index contributed by atoms with van der Waals surface area (Å²) in [5.74, 6) is 0.834. The number of aromatic nitrogens is 1. The number of pyridine rings is 1. The largest absolute Gasteiger partial charge is 0.466 e. The third kappa shape index (κ3) is 2.91. The second kappa shape index (κ2) is 6.30. The number of furan rings is 1. The van der Waals surface area contributed by atoms with Crippen LogP contribution in [0.1, 0.15) is 24.4 Å². The second-order valence-corrected chi connectivity index (χ2v) is 6.38. The number of halogens is 2. The highest BCUT2D eigenvalue weighted by atomic mass is 79.9. The minimum Gasteiger partial charge on any atom is -0.466 e. The lowest BCUT2D eigenvalue weighted by atomic mass is 10.1. The molecule has 1 aromatic carbocycles. The van der Waals surface area contributed by atoms with Crippen LogP contribution >= 0.6 is 31.9 Å². The van der Waals surface area contributed by atoms with Gasteiger partial charge in [-0.2, -0.15) is 0 Å². The number of nitrogens with one attached hydrogen (secondary N) is 1. The first-order chi connectivity index (χ1) is 10.2. The molecule has 0 bridgehead atoms. The van der Waals surface area contributed by atoms with E-state index < -0.39 is 0 Å². The minimum absolute atomic E-state index is 0.0987. The van der Waals surface area contributed by atoms with Gasteiger partial charge in [0.15, 0.2) is 0 Å². The average Bonchev–Trinajstić information content (AvgIpc) is 2.90. The summed E-state index contributed by atoms with van der Waals surface area (Å²) in [6.45, 7) is 2.89. The molecule has 3 aromatic rings. The van der Waals surface area contributed by atoms with E-state index in [0.29, 0.717) is 0 Å². The highest BCUT2D eigenvalue weighted by Crippen LogP contribution is 2.33. The van der Waals surface area contributed by atoms with Crippen LogP contribution in [-0.2, 0) is 0 Å². The SMILES string of the molecule is CCNC(c1nc2ccccc2cc1Br)c1occc1Br. The Hall–Kier alpha value is -1.17. The van der Waals surface area contributed by atoms with Gasteiger partial charge in [-0.25, -0.2) is 4.98 Å². The van der Waals surface area contributed by atoms with E-state index >= 15 is 0 Å². The Balaban J connectivity index is 2.15. The molecule has 3 rings (SSSR count). The predicted octanol–water partition coefficient (Wildman–Crippen LogP) is 5.05. The Morgan fingerprint density at radius 2 is 2.00 bits per heavy atom. The second-order valence-electron chi connectivity index (χ2n) is 4.67. The van der Waals surface area contributed by atoms with Crippen molar-refractivity contribution in [3.8, 4) is 0 Å².